The number of nitrogens with zero attached hydrogens (tertiary/aromatic N) is 1. The third-order valence-electron chi connectivity index (χ3n) is 2.09. The van der Waals surface area contributed by atoms with E-state index in [0.29, 0.717) is 16.5 Å². The number of nitrogens with one attached hydrogen (secondary N) is 1. The molecule has 0 bridgehead atoms. The van der Waals surface area contributed by atoms with Gasteiger partial charge < -0.3 is 11.1 Å². The lowest BCUT2D eigenvalue weighted by Crippen LogP contribution is -2.00. The van der Waals surface area contributed by atoms with E-state index in [2.05, 4.69) is 42.2 Å². The Morgan fingerprint density at radius 3 is 2.47 bits per heavy atom. The summed E-state index contributed by atoms with van der Waals surface area (Å²) in [7, 11) is 0. The molecular formula is C11H8Br2ClN3. The molecule has 0 radical (unpaired) electrons. The van der Waals surface area contributed by atoms with Gasteiger partial charge in [0.1, 0.15) is 0 Å². The van der Waals surface area contributed by atoms with Crippen LogP contribution >= 0.6 is 43.5 Å². The molecule has 1 aromatic heterocycles. The van der Waals surface area contributed by atoms with Gasteiger partial charge in [0.25, 0.3) is 0 Å². The Hall–Kier alpha value is -0.780. The fourth-order valence-corrected chi connectivity index (χ4v) is 2.66. The third-order valence-corrected chi connectivity index (χ3v) is 3.62. The Balaban J connectivity index is 2.38. The van der Waals surface area contributed by atoms with Crippen molar-refractivity contribution >= 4 is 60.7 Å². The first kappa shape index (κ1) is 12.7. The van der Waals surface area contributed by atoms with Gasteiger partial charge in [-0.3, -0.25) is 0 Å². The van der Waals surface area contributed by atoms with E-state index >= 15 is 0 Å². The monoisotopic (exact) mass is 375 g/mol. The van der Waals surface area contributed by atoms with Crippen LogP contribution in [-0.2, 0) is 0 Å². The van der Waals surface area contributed by atoms with Crippen LogP contribution in [0.3, 0.4) is 0 Å². The van der Waals surface area contributed by atoms with Crippen molar-refractivity contribution in [1.29, 1.82) is 0 Å². The first-order chi connectivity index (χ1) is 8.08. The lowest BCUT2D eigenvalue weighted by Gasteiger charge is -2.11. The number of benzene rings is 1. The number of nitrogens with two attached hydrogens (primary N) is 1. The molecule has 88 valence electrons. The second kappa shape index (κ2) is 5.25. The van der Waals surface area contributed by atoms with Crippen LogP contribution in [0.5, 0.6) is 0 Å². The molecule has 1 aromatic carbocycles. The standard InChI is InChI=1S/C11H8Br2ClN3/c12-7-2-1-3-8(13)10(7)17-11-9(15)4-6(14)5-16-11/h1-5H,15H2,(H,16,17). The highest BCUT2D eigenvalue weighted by Crippen LogP contribution is 2.34. The summed E-state index contributed by atoms with van der Waals surface area (Å²) in [5.74, 6) is 0.571. The molecule has 0 saturated carbocycles. The van der Waals surface area contributed by atoms with Gasteiger partial charge >= 0.3 is 0 Å². The molecule has 0 fully saturated rings. The van der Waals surface area contributed by atoms with Crippen LogP contribution in [0.25, 0.3) is 0 Å². The molecule has 0 amide bonds. The molecule has 2 aromatic rings. The largest absolute Gasteiger partial charge is 0.396 e. The predicted octanol–water partition coefficient (Wildman–Crippen LogP) is 4.59. The molecule has 3 nitrogen and oxygen atoms in total. The van der Waals surface area contributed by atoms with E-state index in [1.54, 1.807) is 12.3 Å². The van der Waals surface area contributed by atoms with Gasteiger partial charge in [0.15, 0.2) is 5.82 Å². The normalized spacial score (nSPS) is 10.3. The zero-order valence-electron chi connectivity index (χ0n) is 8.55. The molecule has 0 aliphatic rings. The fourth-order valence-electron chi connectivity index (χ4n) is 1.30. The summed E-state index contributed by atoms with van der Waals surface area (Å²) in [6, 6.07) is 7.44. The summed E-state index contributed by atoms with van der Waals surface area (Å²) in [5, 5.41) is 3.66. The lowest BCUT2D eigenvalue weighted by atomic mass is 10.3. The van der Waals surface area contributed by atoms with E-state index in [0.717, 1.165) is 14.6 Å². The first-order valence-electron chi connectivity index (χ1n) is 4.70. The molecule has 0 saturated heterocycles. The molecule has 0 spiro atoms. The molecule has 6 heteroatoms. The second-order valence-corrected chi connectivity index (χ2v) is 5.46. The van der Waals surface area contributed by atoms with Crippen LogP contribution in [0.2, 0.25) is 5.02 Å². The van der Waals surface area contributed by atoms with E-state index in [9.17, 15) is 0 Å². The molecule has 17 heavy (non-hydrogen) atoms. The van der Waals surface area contributed by atoms with E-state index in [-0.39, 0.29) is 0 Å². The van der Waals surface area contributed by atoms with Crippen molar-refractivity contribution in [2.45, 2.75) is 0 Å². The molecule has 1 heterocycles. The maximum atomic E-state index is 5.83. The van der Waals surface area contributed by atoms with Crippen LogP contribution in [0, 0.1) is 0 Å². The average Bonchev–Trinajstić information content (AvgIpc) is 2.26. The zero-order chi connectivity index (χ0) is 12.4. The minimum absolute atomic E-state index is 0.500. The van der Waals surface area contributed by atoms with Crippen LogP contribution in [0.1, 0.15) is 0 Å². The molecule has 0 aliphatic heterocycles. The minimum atomic E-state index is 0.500. The zero-order valence-corrected chi connectivity index (χ0v) is 12.5. The fraction of sp³-hybridized carbons (Fsp3) is 0. The minimum Gasteiger partial charge on any atom is -0.396 e. The predicted molar refractivity (Wildman–Crippen MR) is 78.8 cm³/mol. The van der Waals surface area contributed by atoms with Crippen molar-refractivity contribution in [2.75, 3.05) is 11.1 Å². The Kier molecular flexibility index (Phi) is 3.91. The van der Waals surface area contributed by atoms with Gasteiger partial charge in [0.2, 0.25) is 0 Å². The maximum absolute atomic E-state index is 5.83. The number of hydrogen-bond acceptors (Lipinski definition) is 3. The van der Waals surface area contributed by atoms with Crippen LogP contribution in [-0.4, -0.2) is 4.98 Å². The van der Waals surface area contributed by atoms with Gasteiger partial charge in [-0.05, 0) is 50.1 Å². The first-order valence-corrected chi connectivity index (χ1v) is 6.66. The number of aromatic nitrogens is 1. The van der Waals surface area contributed by atoms with E-state index in [1.807, 2.05) is 18.2 Å². The van der Waals surface area contributed by atoms with Gasteiger partial charge in [-0.1, -0.05) is 17.7 Å². The van der Waals surface area contributed by atoms with Gasteiger partial charge in [0.05, 0.1) is 16.4 Å². The van der Waals surface area contributed by atoms with Crippen LogP contribution in [0.15, 0.2) is 39.4 Å². The SMILES string of the molecule is Nc1cc(Cl)cnc1Nc1c(Br)cccc1Br. The highest BCUT2D eigenvalue weighted by molar-refractivity contribution is 9.11. The van der Waals surface area contributed by atoms with Gasteiger partial charge in [-0.25, -0.2) is 4.98 Å². The highest BCUT2D eigenvalue weighted by Gasteiger charge is 2.08. The Morgan fingerprint density at radius 1 is 1.24 bits per heavy atom. The van der Waals surface area contributed by atoms with Gasteiger partial charge in [-0.2, -0.15) is 0 Å². The van der Waals surface area contributed by atoms with Crippen molar-refractivity contribution in [3.05, 3.63) is 44.4 Å². The highest BCUT2D eigenvalue weighted by atomic mass is 79.9. The number of pyridine rings is 1. The summed E-state index contributed by atoms with van der Waals surface area (Å²) in [6.45, 7) is 0. The van der Waals surface area contributed by atoms with E-state index in [4.69, 9.17) is 17.3 Å². The van der Waals surface area contributed by atoms with Crippen LogP contribution in [0.4, 0.5) is 17.2 Å². The number of halogens is 3. The van der Waals surface area contributed by atoms with Crippen molar-refractivity contribution in [1.82, 2.24) is 4.98 Å². The van der Waals surface area contributed by atoms with E-state index in [1.165, 1.54) is 0 Å². The summed E-state index contributed by atoms with van der Waals surface area (Å²) in [6.07, 6.45) is 1.55. The summed E-state index contributed by atoms with van der Waals surface area (Å²) >= 11 is 12.7. The number of rotatable bonds is 2. The summed E-state index contributed by atoms with van der Waals surface area (Å²) < 4.78 is 1.84. The van der Waals surface area contributed by atoms with Crippen molar-refractivity contribution in [3.8, 4) is 0 Å². The number of anilines is 3. The topological polar surface area (TPSA) is 50.9 Å². The Labute approximate surface area is 121 Å². The summed E-state index contributed by atoms with van der Waals surface area (Å²) in [4.78, 5) is 4.15. The second-order valence-electron chi connectivity index (χ2n) is 3.31. The molecule has 0 aliphatic carbocycles. The van der Waals surface area contributed by atoms with Crippen molar-refractivity contribution in [3.63, 3.8) is 0 Å². The number of hydrogen-bond donors (Lipinski definition) is 2. The number of para-hydroxylation sites is 1. The van der Waals surface area contributed by atoms with Gasteiger partial charge in [-0.15, -0.1) is 0 Å². The van der Waals surface area contributed by atoms with Gasteiger partial charge in [0, 0.05) is 15.1 Å². The quantitative estimate of drug-likeness (QED) is 0.805. The Bertz CT molecular complexity index is 540. The maximum Gasteiger partial charge on any atom is 0.153 e. The van der Waals surface area contributed by atoms with Crippen molar-refractivity contribution in [2.24, 2.45) is 0 Å². The molecular weight excluding hydrogens is 369 g/mol. The van der Waals surface area contributed by atoms with E-state index < -0.39 is 0 Å². The smallest absolute Gasteiger partial charge is 0.153 e. The molecule has 2 rings (SSSR count). The van der Waals surface area contributed by atoms with Crippen LogP contribution < -0.4 is 11.1 Å². The molecule has 3 N–H and O–H groups in total. The molecule has 0 unspecified atom stereocenters. The summed E-state index contributed by atoms with van der Waals surface area (Å²) in [5.41, 5.74) is 7.20. The third kappa shape index (κ3) is 2.91. The number of nitrogen functional groups attached to an aromatic ring is 1. The van der Waals surface area contributed by atoms with Crippen molar-refractivity contribution < 1.29 is 0 Å². The molecule has 0 atom stereocenters. The lowest BCUT2D eigenvalue weighted by molar-refractivity contribution is 1.30. The Morgan fingerprint density at radius 2 is 1.88 bits per heavy atom. The average molecular weight is 377 g/mol.